The minimum atomic E-state index is -1.31. The van der Waals surface area contributed by atoms with E-state index in [1.54, 1.807) is 13.8 Å². The van der Waals surface area contributed by atoms with Crippen molar-refractivity contribution in [1.82, 2.24) is 0 Å². The van der Waals surface area contributed by atoms with Gasteiger partial charge in [-0.2, -0.15) is 0 Å². The molecule has 6 nitrogen and oxygen atoms in total. The zero-order valence-electron chi connectivity index (χ0n) is 14.2. The number of Topliss-reactive ketones (excluding diaryl/α,β-unsaturated/α-hetero) is 1. The van der Waals surface area contributed by atoms with Gasteiger partial charge in [0.25, 0.3) is 0 Å². The molecule has 1 saturated carbocycles. The average molecular weight is 326 g/mol. The van der Waals surface area contributed by atoms with Crippen LogP contribution in [0.25, 0.3) is 0 Å². The molecule has 1 N–H and O–H groups in total. The molecule has 2 fully saturated rings. The van der Waals surface area contributed by atoms with Crippen LogP contribution in [0.5, 0.6) is 0 Å². The maximum Gasteiger partial charge on any atom is 0.309 e. The molecule has 0 aromatic rings. The zero-order chi connectivity index (χ0) is 17.4. The molecular formula is C17H26O6. The summed E-state index contributed by atoms with van der Waals surface area (Å²) in [5.41, 5.74) is -1.31. The van der Waals surface area contributed by atoms with Crippen LogP contribution in [0.1, 0.15) is 53.4 Å². The molecule has 0 amide bonds. The van der Waals surface area contributed by atoms with Crippen molar-refractivity contribution in [2.45, 2.75) is 71.2 Å². The number of rotatable bonds is 1. The minimum Gasteiger partial charge on any atom is -0.458 e. The fraction of sp³-hybridized carbons (Fsp3) is 0.824. The number of ether oxygens (including phenoxy) is 2. The smallest absolute Gasteiger partial charge is 0.309 e. The van der Waals surface area contributed by atoms with E-state index in [4.69, 9.17) is 9.47 Å². The Morgan fingerprint density at radius 2 is 2.00 bits per heavy atom. The maximum atomic E-state index is 12.4. The Bertz CT molecular complexity index is 497. The molecule has 0 spiro atoms. The van der Waals surface area contributed by atoms with Crippen molar-refractivity contribution >= 4 is 17.7 Å². The quantitative estimate of drug-likeness (QED) is 0.737. The minimum absolute atomic E-state index is 0.0910. The van der Waals surface area contributed by atoms with Crippen molar-refractivity contribution in [2.24, 2.45) is 17.8 Å². The van der Waals surface area contributed by atoms with Gasteiger partial charge >= 0.3 is 11.9 Å². The predicted molar refractivity (Wildman–Crippen MR) is 81.4 cm³/mol. The third kappa shape index (κ3) is 3.74. The summed E-state index contributed by atoms with van der Waals surface area (Å²) >= 11 is 0. The Labute approximate surface area is 136 Å². The number of hydrogen-bond acceptors (Lipinski definition) is 6. The Morgan fingerprint density at radius 3 is 2.61 bits per heavy atom. The van der Waals surface area contributed by atoms with Gasteiger partial charge in [-0.25, -0.2) is 0 Å². The highest BCUT2D eigenvalue weighted by Gasteiger charge is 2.53. The van der Waals surface area contributed by atoms with Crippen LogP contribution < -0.4 is 0 Å². The normalized spacial score (nSPS) is 41.9. The highest BCUT2D eigenvalue weighted by Crippen LogP contribution is 2.40. The van der Waals surface area contributed by atoms with E-state index in [2.05, 4.69) is 0 Å². The third-order valence-corrected chi connectivity index (χ3v) is 5.20. The van der Waals surface area contributed by atoms with Gasteiger partial charge in [0.15, 0.2) is 6.10 Å². The van der Waals surface area contributed by atoms with Crippen LogP contribution in [0.4, 0.5) is 0 Å². The molecule has 2 rings (SSSR count). The summed E-state index contributed by atoms with van der Waals surface area (Å²) in [6.07, 6.45) is 0.135. The summed E-state index contributed by atoms with van der Waals surface area (Å²) in [6, 6.07) is 0. The van der Waals surface area contributed by atoms with Crippen molar-refractivity contribution in [3.63, 3.8) is 0 Å². The molecule has 130 valence electrons. The first-order chi connectivity index (χ1) is 10.6. The summed E-state index contributed by atoms with van der Waals surface area (Å²) in [5, 5.41) is 10.8. The molecule has 6 heteroatoms. The van der Waals surface area contributed by atoms with Crippen molar-refractivity contribution in [3.05, 3.63) is 0 Å². The van der Waals surface area contributed by atoms with Gasteiger partial charge in [-0.1, -0.05) is 13.8 Å². The van der Waals surface area contributed by atoms with Gasteiger partial charge in [0.2, 0.25) is 0 Å². The van der Waals surface area contributed by atoms with E-state index < -0.39 is 35.7 Å². The van der Waals surface area contributed by atoms with Crippen molar-refractivity contribution in [1.29, 1.82) is 0 Å². The van der Waals surface area contributed by atoms with E-state index in [0.29, 0.717) is 19.3 Å². The fourth-order valence-corrected chi connectivity index (χ4v) is 3.60. The Morgan fingerprint density at radius 1 is 1.35 bits per heavy atom. The Kier molecular flexibility index (Phi) is 5.14. The monoisotopic (exact) mass is 326 g/mol. The van der Waals surface area contributed by atoms with Crippen LogP contribution in [0.2, 0.25) is 0 Å². The number of aliphatic hydroxyl groups is 1. The third-order valence-electron chi connectivity index (χ3n) is 5.20. The molecular weight excluding hydrogens is 300 g/mol. The first kappa shape index (κ1) is 17.9. The van der Waals surface area contributed by atoms with Crippen LogP contribution in [0, 0.1) is 17.8 Å². The lowest BCUT2D eigenvalue weighted by molar-refractivity contribution is -0.186. The molecule has 1 saturated heterocycles. The number of esters is 2. The van der Waals surface area contributed by atoms with Gasteiger partial charge in [-0.15, -0.1) is 0 Å². The SMILES string of the molecule is CC(=O)O[C@@H]1[C@H]2OC(=O)[C@@H](C)[C@@H]2CC(=O)[C@H](C)CCC[C@]1(C)O. The van der Waals surface area contributed by atoms with E-state index in [0.717, 1.165) is 0 Å². The molecule has 1 aliphatic carbocycles. The lowest BCUT2D eigenvalue weighted by Gasteiger charge is -2.38. The van der Waals surface area contributed by atoms with Crippen LogP contribution in [0.15, 0.2) is 0 Å². The molecule has 23 heavy (non-hydrogen) atoms. The van der Waals surface area contributed by atoms with Gasteiger partial charge in [0.05, 0.1) is 5.92 Å². The second-order valence-electron chi connectivity index (χ2n) is 7.20. The standard InChI is InChI=1S/C17H26O6/c1-9-6-5-7-17(4,21)15(22-11(3)18)14-12(8-13(9)19)10(2)16(20)23-14/h9-10,12,14-15,21H,5-8H2,1-4H3/t9-,10+,12+,14+,15-,17+/m1/s1. The van der Waals surface area contributed by atoms with Gasteiger partial charge in [0.1, 0.15) is 17.5 Å². The predicted octanol–water partition coefficient (Wildman–Crippen LogP) is 1.63. The largest absolute Gasteiger partial charge is 0.458 e. The van der Waals surface area contributed by atoms with Crippen LogP contribution in [-0.2, 0) is 23.9 Å². The first-order valence-corrected chi connectivity index (χ1v) is 8.26. The molecule has 6 atom stereocenters. The summed E-state index contributed by atoms with van der Waals surface area (Å²) in [7, 11) is 0. The highest BCUT2D eigenvalue weighted by atomic mass is 16.6. The van der Waals surface area contributed by atoms with Crippen LogP contribution in [-0.4, -0.2) is 40.6 Å². The van der Waals surface area contributed by atoms with E-state index in [1.807, 2.05) is 6.92 Å². The second-order valence-corrected chi connectivity index (χ2v) is 7.20. The number of hydrogen-bond donors (Lipinski definition) is 1. The molecule has 0 radical (unpaired) electrons. The number of carbonyl (C=O) groups is 3. The van der Waals surface area contributed by atoms with Crippen molar-refractivity contribution in [3.8, 4) is 0 Å². The molecule has 2 aliphatic rings. The zero-order valence-corrected chi connectivity index (χ0v) is 14.2. The van der Waals surface area contributed by atoms with Crippen LogP contribution in [0.3, 0.4) is 0 Å². The van der Waals surface area contributed by atoms with E-state index >= 15 is 0 Å². The summed E-state index contributed by atoms with van der Waals surface area (Å²) in [5.74, 6) is -1.81. The number of carbonyl (C=O) groups excluding carboxylic acids is 3. The molecule has 0 aromatic carbocycles. The van der Waals surface area contributed by atoms with E-state index in [1.165, 1.54) is 6.92 Å². The lowest BCUT2D eigenvalue weighted by Crippen LogP contribution is -2.52. The molecule has 1 heterocycles. The summed E-state index contributed by atoms with van der Waals surface area (Å²) in [4.78, 5) is 35.9. The second kappa shape index (κ2) is 6.59. The molecule has 0 aromatic heterocycles. The number of ketones is 1. The summed E-state index contributed by atoms with van der Waals surface area (Å²) in [6.45, 7) is 6.45. The fourth-order valence-electron chi connectivity index (χ4n) is 3.60. The highest BCUT2D eigenvalue weighted by molar-refractivity contribution is 5.83. The Balaban J connectivity index is 2.39. The lowest BCUT2D eigenvalue weighted by atomic mass is 9.76. The van der Waals surface area contributed by atoms with Crippen LogP contribution >= 0.6 is 0 Å². The van der Waals surface area contributed by atoms with Gasteiger partial charge in [-0.05, 0) is 26.2 Å². The molecule has 0 unspecified atom stereocenters. The molecule has 0 bridgehead atoms. The number of fused-ring (bicyclic) bond motifs is 1. The first-order valence-electron chi connectivity index (χ1n) is 8.26. The van der Waals surface area contributed by atoms with Crippen molar-refractivity contribution in [2.75, 3.05) is 0 Å². The van der Waals surface area contributed by atoms with E-state index in [9.17, 15) is 19.5 Å². The van der Waals surface area contributed by atoms with Crippen molar-refractivity contribution < 1.29 is 29.0 Å². The summed E-state index contributed by atoms with van der Waals surface area (Å²) < 4.78 is 10.7. The van der Waals surface area contributed by atoms with E-state index in [-0.39, 0.29) is 24.0 Å². The Hall–Kier alpha value is -1.43. The van der Waals surface area contributed by atoms with Gasteiger partial charge in [0, 0.05) is 25.2 Å². The van der Waals surface area contributed by atoms with Gasteiger partial charge in [-0.3, -0.25) is 14.4 Å². The average Bonchev–Trinajstić information content (AvgIpc) is 2.71. The topological polar surface area (TPSA) is 89.9 Å². The van der Waals surface area contributed by atoms with Gasteiger partial charge < -0.3 is 14.6 Å². The molecule has 1 aliphatic heterocycles. The maximum absolute atomic E-state index is 12.4.